The fourth-order valence-electron chi connectivity index (χ4n) is 1.54. The van der Waals surface area contributed by atoms with Crippen molar-refractivity contribution in [1.82, 2.24) is 10.3 Å². The maximum atomic E-state index is 5.72. The molecule has 1 fully saturated rings. The summed E-state index contributed by atoms with van der Waals surface area (Å²) in [7, 11) is 0. The van der Waals surface area contributed by atoms with Crippen LogP contribution in [0.2, 0.25) is 0 Å². The summed E-state index contributed by atoms with van der Waals surface area (Å²) in [5.74, 6) is 0. The highest BCUT2D eigenvalue weighted by molar-refractivity contribution is 7.09. The molecule has 1 saturated carbocycles. The highest BCUT2D eigenvalue weighted by Gasteiger charge is 2.40. The molecule has 0 aromatic carbocycles. The molecule has 3 N–H and O–H groups in total. The number of hydrogen-bond acceptors (Lipinski definition) is 4. The summed E-state index contributed by atoms with van der Waals surface area (Å²) in [6.07, 6.45) is 4.41. The first-order chi connectivity index (χ1) is 6.76. The normalized spacial score (nSPS) is 20.7. The molecule has 1 heterocycles. The van der Waals surface area contributed by atoms with E-state index in [0.717, 1.165) is 18.1 Å². The van der Waals surface area contributed by atoms with Crippen molar-refractivity contribution in [3.63, 3.8) is 0 Å². The molecule has 14 heavy (non-hydrogen) atoms. The van der Waals surface area contributed by atoms with Crippen molar-refractivity contribution in [3.8, 4) is 0 Å². The third-order valence-electron chi connectivity index (χ3n) is 3.00. The lowest BCUT2D eigenvalue weighted by Crippen LogP contribution is -2.31. The van der Waals surface area contributed by atoms with Gasteiger partial charge >= 0.3 is 0 Å². The minimum atomic E-state index is 0.360. The molecular weight excluding hydrogens is 194 g/mol. The van der Waals surface area contributed by atoms with E-state index in [4.69, 9.17) is 5.73 Å². The number of nitrogens with zero attached hydrogens (tertiary/aromatic N) is 1. The molecule has 0 saturated heterocycles. The number of aromatic nitrogens is 1. The molecule has 0 radical (unpaired) electrons. The largest absolute Gasteiger partial charge is 0.330 e. The molecule has 0 amide bonds. The van der Waals surface area contributed by atoms with E-state index in [2.05, 4.69) is 17.2 Å². The number of rotatable bonds is 5. The number of nitrogens with two attached hydrogens (primary N) is 1. The molecule has 0 aliphatic heterocycles. The minimum Gasteiger partial charge on any atom is -0.330 e. The fourth-order valence-corrected chi connectivity index (χ4v) is 2.21. The zero-order valence-corrected chi connectivity index (χ0v) is 9.31. The van der Waals surface area contributed by atoms with Crippen LogP contribution in [-0.4, -0.2) is 18.1 Å². The van der Waals surface area contributed by atoms with Gasteiger partial charge in [0.05, 0.1) is 6.04 Å². The summed E-state index contributed by atoms with van der Waals surface area (Å²) in [6, 6.07) is 0.360. The second-order valence-corrected chi connectivity index (χ2v) is 5.10. The van der Waals surface area contributed by atoms with Crippen molar-refractivity contribution >= 4 is 11.3 Å². The zero-order chi connectivity index (χ0) is 10.0. The Balaban J connectivity index is 1.81. The van der Waals surface area contributed by atoms with Gasteiger partial charge in [0.2, 0.25) is 0 Å². The van der Waals surface area contributed by atoms with Gasteiger partial charge in [0.1, 0.15) is 5.01 Å². The Bertz CT molecular complexity index is 280. The van der Waals surface area contributed by atoms with Crippen LogP contribution >= 0.6 is 11.3 Å². The summed E-state index contributed by atoms with van der Waals surface area (Å²) in [6.45, 7) is 4.00. The number of thiazole rings is 1. The minimum absolute atomic E-state index is 0.360. The van der Waals surface area contributed by atoms with Gasteiger partial charge in [-0.25, -0.2) is 4.98 Å². The number of hydrogen-bond donors (Lipinski definition) is 2. The summed E-state index contributed by atoms with van der Waals surface area (Å²) >= 11 is 1.70. The molecule has 1 aromatic rings. The third kappa shape index (κ3) is 2.13. The van der Waals surface area contributed by atoms with Crippen LogP contribution in [0, 0.1) is 5.41 Å². The van der Waals surface area contributed by atoms with E-state index >= 15 is 0 Å². The van der Waals surface area contributed by atoms with Crippen LogP contribution in [0.4, 0.5) is 0 Å². The van der Waals surface area contributed by atoms with Gasteiger partial charge in [0.25, 0.3) is 0 Å². The summed E-state index contributed by atoms with van der Waals surface area (Å²) in [4.78, 5) is 4.29. The Morgan fingerprint density at radius 2 is 2.50 bits per heavy atom. The Hall–Kier alpha value is -0.450. The Morgan fingerprint density at radius 3 is 3.00 bits per heavy atom. The predicted octanol–water partition coefficient (Wildman–Crippen LogP) is 1.53. The van der Waals surface area contributed by atoms with E-state index in [1.54, 1.807) is 11.3 Å². The van der Waals surface area contributed by atoms with Crippen molar-refractivity contribution < 1.29 is 0 Å². The van der Waals surface area contributed by atoms with Gasteiger partial charge in [-0.15, -0.1) is 11.3 Å². The first-order valence-corrected chi connectivity index (χ1v) is 5.97. The molecule has 0 spiro atoms. The summed E-state index contributed by atoms with van der Waals surface area (Å²) in [5.41, 5.74) is 6.13. The molecule has 4 heteroatoms. The monoisotopic (exact) mass is 211 g/mol. The Morgan fingerprint density at radius 1 is 1.71 bits per heavy atom. The lowest BCUT2D eigenvalue weighted by molar-refractivity contribution is 0.434. The van der Waals surface area contributed by atoms with Crippen LogP contribution in [0.1, 0.15) is 30.8 Å². The highest BCUT2D eigenvalue weighted by Crippen LogP contribution is 2.44. The molecule has 78 valence electrons. The lowest BCUT2D eigenvalue weighted by atomic mass is 10.1. The molecule has 3 nitrogen and oxygen atoms in total. The smallest absolute Gasteiger partial charge is 0.109 e. The Kier molecular flexibility index (Phi) is 2.85. The van der Waals surface area contributed by atoms with Crippen molar-refractivity contribution in [3.05, 3.63) is 16.6 Å². The van der Waals surface area contributed by atoms with Crippen LogP contribution in [0.3, 0.4) is 0 Å². The van der Waals surface area contributed by atoms with E-state index in [9.17, 15) is 0 Å². The topological polar surface area (TPSA) is 50.9 Å². The zero-order valence-electron chi connectivity index (χ0n) is 8.49. The standard InChI is InChI=1S/C10H17N3S/c1-8(9-12-4-5-14-9)13-7-10(6-11)2-3-10/h4-5,8,13H,2-3,6-7,11H2,1H3. The van der Waals surface area contributed by atoms with E-state index in [0.29, 0.717) is 11.5 Å². The molecule has 1 unspecified atom stereocenters. The van der Waals surface area contributed by atoms with Gasteiger partial charge in [-0.05, 0) is 31.7 Å². The van der Waals surface area contributed by atoms with Gasteiger partial charge in [0, 0.05) is 18.1 Å². The van der Waals surface area contributed by atoms with E-state index < -0.39 is 0 Å². The van der Waals surface area contributed by atoms with Crippen molar-refractivity contribution in [1.29, 1.82) is 0 Å². The first-order valence-electron chi connectivity index (χ1n) is 5.09. The Labute approximate surface area is 88.7 Å². The SMILES string of the molecule is CC(NCC1(CN)CC1)c1nccs1. The molecule has 1 aliphatic rings. The fraction of sp³-hybridized carbons (Fsp3) is 0.700. The molecule has 0 bridgehead atoms. The molecular formula is C10H17N3S. The van der Waals surface area contributed by atoms with Gasteiger partial charge in [0.15, 0.2) is 0 Å². The van der Waals surface area contributed by atoms with Crippen LogP contribution < -0.4 is 11.1 Å². The predicted molar refractivity (Wildman–Crippen MR) is 59.3 cm³/mol. The van der Waals surface area contributed by atoms with E-state index in [1.807, 2.05) is 11.6 Å². The second-order valence-electron chi connectivity index (χ2n) is 4.18. The van der Waals surface area contributed by atoms with E-state index in [1.165, 1.54) is 12.8 Å². The maximum absolute atomic E-state index is 5.72. The maximum Gasteiger partial charge on any atom is 0.109 e. The van der Waals surface area contributed by atoms with Gasteiger partial charge < -0.3 is 11.1 Å². The average molecular weight is 211 g/mol. The molecule has 1 aliphatic carbocycles. The van der Waals surface area contributed by atoms with Crippen LogP contribution in [-0.2, 0) is 0 Å². The van der Waals surface area contributed by atoms with Gasteiger partial charge in [-0.3, -0.25) is 0 Å². The lowest BCUT2D eigenvalue weighted by Gasteiger charge is -2.16. The molecule has 2 rings (SSSR count). The molecule has 1 atom stereocenters. The van der Waals surface area contributed by atoms with E-state index in [-0.39, 0.29) is 0 Å². The van der Waals surface area contributed by atoms with Gasteiger partial charge in [-0.1, -0.05) is 0 Å². The van der Waals surface area contributed by atoms with Gasteiger partial charge in [-0.2, -0.15) is 0 Å². The first kappa shape index (κ1) is 10.1. The van der Waals surface area contributed by atoms with Crippen molar-refractivity contribution in [2.75, 3.05) is 13.1 Å². The summed E-state index contributed by atoms with van der Waals surface area (Å²) < 4.78 is 0. The van der Waals surface area contributed by atoms with Crippen LogP contribution in [0.25, 0.3) is 0 Å². The van der Waals surface area contributed by atoms with Crippen LogP contribution in [0.15, 0.2) is 11.6 Å². The average Bonchev–Trinajstić information content (AvgIpc) is 2.78. The number of nitrogens with one attached hydrogen (secondary N) is 1. The molecule has 1 aromatic heterocycles. The quantitative estimate of drug-likeness (QED) is 0.776. The summed E-state index contributed by atoms with van der Waals surface area (Å²) in [5, 5.41) is 6.69. The van der Waals surface area contributed by atoms with Crippen molar-refractivity contribution in [2.24, 2.45) is 11.1 Å². The van der Waals surface area contributed by atoms with Crippen LogP contribution in [0.5, 0.6) is 0 Å². The third-order valence-corrected chi connectivity index (χ3v) is 3.95. The second kappa shape index (κ2) is 3.96. The highest BCUT2D eigenvalue weighted by atomic mass is 32.1. The van der Waals surface area contributed by atoms with Crippen molar-refractivity contribution in [2.45, 2.75) is 25.8 Å².